The molecule has 0 amide bonds. The Balaban J connectivity index is 0.00000129. The first kappa shape index (κ1) is 65.0. The van der Waals surface area contributed by atoms with Gasteiger partial charge in [0.1, 0.15) is 5.94 Å². The van der Waals surface area contributed by atoms with Crippen LogP contribution in [0.1, 0.15) is 184 Å². The van der Waals surface area contributed by atoms with Crippen LogP contribution in [0.5, 0.6) is 0 Å². The van der Waals surface area contributed by atoms with Gasteiger partial charge in [-0.05, 0) is 178 Å². The second kappa shape index (κ2) is 32.8. The average molecular weight is 999 g/mol. The molecule has 0 aromatic carbocycles. The lowest BCUT2D eigenvalue weighted by Gasteiger charge is -2.53. The zero-order valence-electron chi connectivity index (χ0n) is 45.5. The fraction of sp³-hybridized carbons (Fsp3) is 0.917. The Bertz CT molecular complexity index is 1260. The van der Waals surface area contributed by atoms with Gasteiger partial charge in [0.25, 0.3) is 0 Å². The summed E-state index contributed by atoms with van der Waals surface area (Å²) in [5, 5.41) is 0.208. The number of piperidine rings is 1. The largest absolute Gasteiger partial charge is 0.402 e. The fourth-order valence-electron chi connectivity index (χ4n) is 8.46. The number of rotatable bonds is 30. The fourth-order valence-corrected chi connectivity index (χ4v) is 14.3. The smallest absolute Gasteiger partial charge is 0.218 e. The molecule has 1 fully saturated rings. The average Bonchev–Trinajstić information content (AvgIpc) is 3.14. The number of thioether (sulfide) groups is 2. The second-order valence-corrected chi connectivity index (χ2v) is 25.9. The van der Waals surface area contributed by atoms with E-state index in [0.29, 0.717) is 77.7 Å². The van der Waals surface area contributed by atoms with Crippen LogP contribution in [0.15, 0.2) is 11.3 Å². The molecule has 2 N–H and O–H groups in total. The number of hydrogen-bond acceptors (Lipinski definition) is 15. The minimum Gasteiger partial charge on any atom is -0.402 e. The molecular formula is C48H100N6O7P2S2. The van der Waals surface area contributed by atoms with E-state index in [-0.39, 0.29) is 42.5 Å². The lowest BCUT2D eigenvalue weighted by Crippen LogP contribution is -2.58. The topological polar surface area (TPSA) is 123 Å². The van der Waals surface area contributed by atoms with Crippen LogP contribution < -0.4 is 5.73 Å². The first-order chi connectivity index (χ1) is 30.0. The Kier molecular flexibility index (Phi) is 32.9. The molecule has 65 heavy (non-hydrogen) atoms. The number of hydrogen-bond donors (Lipinski definition) is 1. The van der Waals surface area contributed by atoms with Crippen molar-refractivity contribution in [2.45, 2.75) is 244 Å². The molecule has 1 rings (SSSR count). The van der Waals surface area contributed by atoms with Crippen LogP contribution in [0.3, 0.4) is 0 Å². The van der Waals surface area contributed by atoms with Crippen molar-refractivity contribution in [1.29, 1.82) is 0 Å². The normalized spacial score (nSPS) is 16.4. The van der Waals surface area contributed by atoms with Gasteiger partial charge >= 0.3 is 0 Å². The van der Waals surface area contributed by atoms with Crippen LogP contribution in [0.25, 0.3) is 0 Å². The van der Waals surface area contributed by atoms with Crippen molar-refractivity contribution in [3.63, 3.8) is 0 Å². The van der Waals surface area contributed by atoms with Gasteiger partial charge in [-0.3, -0.25) is 14.5 Å². The molecule has 1 aliphatic heterocycles. The summed E-state index contributed by atoms with van der Waals surface area (Å²) in [4.78, 5) is 26.9. The van der Waals surface area contributed by atoms with E-state index in [4.69, 9.17) is 29.0 Å². The summed E-state index contributed by atoms with van der Waals surface area (Å²) in [5.41, 5.74) is 7.04. The number of nitrogens with zero attached hydrogens (tertiary/aromatic N) is 5. The molecule has 0 radical (unpaired) electrons. The molecule has 0 spiro atoms. The van der Waals surface area contributed by atoms with Crippen LogP contribution >= 0.6 is 40.4 Å². The quantitative estimate of drug-likeness (QED) is 0.0318. The van der Waals surface area contributed by atoms with E-state index < -0.39 is 16.9 Å². The van der Waals surface area contributed by atoms with Gasteiger partial charge in [-0.2, -0.15) is 0 Å². The highest BCUT2D eigenvalue weighted by Gasteiger charge is 2.41. The highest BCUT2D eigenvalue weighted by molar-refractivity contribution is 8.14. The molecule has 1 saturated heterocycles. The number of nitrogens with two attached hydrogens (primary N) is 1. The van der Waals surface area contributed by atoms with E-state index in [2.05, 4.69) is 162 Å². The SMILES string of the molecule is C/C(N)=C(/C)C(=O)SCOCOCOP(N(C(C)C)C(C)C)N(C(C)C)C(C)C.CC(C)N(C(C)C)P(OCOCCCSC(=O)CCN1C(C)(C)CCCC1(C)C)N(C(C)C)C(C)C. The van der Waals surface area contributed by atoms with E-state index in [9.17, 15) is 9.59 Å². The van der Waals surface area contributed by atoms with Crippen molar-refractivity contribution >= 4 is 50.7 Å². The minimum atomic E-state index is -0.989. The number of likely N-dealkylation sites (tertiary alicyclic amines) is 1. The van der Waals surface area contributed by atoms with Crippen LogP contribution in [0.4, 0.5) is 0 Å². The molecule has 1 aliphatic rings. The van der Waals surface area contributed by atoms with Gasteiger partial charge in [0.2, 0.25) is 5.12 Å². The van der Waals surface area contributed by atoms with Crippen LogP contribution in [-0.2, 0) is 32.8 Å². The van der Waals surface area contributed by atoms with Gasteiger partial charge in [-0.25, -0.2) is 18.7 Å². The minimum absolute atomic E-state index is 0.0700. The molecule has 0 atom stereocenters. The summed E-state index contributed by atoms with van der Waals surface area (Å²) in [6, 6.07) is 2.95. The molecular weight excluding hydrogens is 899 g/mol. The summed E-state index contributed by atoms with van der Waals surface area (Å²) in [5.74, 6) is 1.01. The predicted octanol–water partition coefficient (Wildman–Crippen LogP) is 12.4. The molecule has 0 bridgehead atoms. The van der Waals surface area contributed by atoms with Crippen molar-refractivity contribution in [3.8, 4) is 0 Å². The van der Waals surface area contributed by atoms with E-state index >= 15 is 0 Å². The van der Waals surface area contributed by atoms with Crippen molar-refractivity contribution in [3.05, 3.63) is 11.3 Å². The summed E-state index contributed by atoms with van der Waals surface area (Å²) in [6.07, 6.45) is 5.15. The van der Waals surface area contributed by atoms with Gasteiger partial charge in [0.05, 0.1) is 6.61 Å². The van der Waals surface area contributed by atoms with Gasteiger partial charge in [0.15, 0.2) is 42.4 Å². The number of carbonyl (C=O) groups is 2. The second-order valence-electron chi connectivity index (χ2n) is 20.5. The molecule has 0 aromatic rings. The molecule has 1 heterocycles. The summed E-state index contributed by atoms with van der Waals surface area (Å²) < 4.78 is 39.2. The maximum atomic E-state index is 12.6. The van der Waals surface area contributed by atoms with E-state index in [1.165, 1.54) is 31.0 Å². The maximum Gasteiger partial charge on any atom is 0.218 e. The Morgan fingerprint density at radius 3 is 1.35 bits per heavy atom. The monoisotopic (exact) mass is 999 g/mol. The molecule has 13 nitrogen and oxygen atoms in total. The van der Waals surface area contributed by atoms with E-state index in [1.54, 1.807) is 13.8 Å². The Morgan fingerprint density at radius 2 is 0.985 bits per heavy atom. The van der Waals surface area contributed by atoms with Crippen LogP contribution in [-0.4, -0.2) is 138 Å². The van der Waals surface area contributed by atoms with Gasteiger partial charge in [-0.15, -0.1) is 0 Å². The van der Waals surface area contributed by atoms with Crippen molar-refractivity contribution in [1.82, 2.24) is 23.6 Å². The molecule has 17 heteroatoms. The summed E-state index contributed by atoms with van der Waals surface area (Å²) in [7, 11) is -1.92. The van der Waals surface area contributed by atoms with Crippen molar-refractivity contribution in [2.75, 3.05) is 45.2 Å². The van der Waals surface area contributed by atoms with E-state index in [1.807, 2.05) is 0 Å². The highest BCUT2D eigenvalue weighted by Crippen LogP contribution is 2.52. The number of ether oxygens (including phenoxy) is 3. The lowest BCUT2D eigenvalue weighted by atomic mass is 9.80. The first-order valence-corrected chi connectivity index (χ1v) is 28.6. The van der Waals surface area contributed by atoms with E-state index in [0.717, 1.165) is 30.5 Å². The Labute approximate surface area is 411 Å². The first-order valence-electron chi connectivity index (χ1n) is 24.3. The molecule has 0 aliphatic carbocycles. The molecule has 386 valence electrons. The maximum absolute atomic E-state index is 12.6. The summed E-state index contributed by atoms with van der Waals surface area (Å²) >= 11 is 2.53. The van der Waals surface area contributed by atoms with Crippen molar-refractivity contribution in [2.24, 2.45) is 5.73 Å². The third-order valence-electron chi connectivity index (χ3n) is 11.1. The van der Waals surface area contributed by atoms with Crippen LogP contribution in [0, 0.1) is 0 Å². The summed E-state index contributed by atoms with van der Waals surface area (Å²) in [6.45, 7) is 50.1. The lowest BCUT2D eigenvalue weighted by molar-refractivity contribution is -0.112. The predicted molar refractivity (Wildman–Crippen MR) is 283 cm³/mol. The number of allylic oxidation sites excluding steroid dienone is 1. The molecule has 0 saturated carbocycles. The van der Waals surface area contributed by atoms with Crippen LogP contribution in [0.2, 0.25) is 0 Å². The number of carbonyl (C=O) groups excluding carboxylic acids is 2. The standard InChI is InChI=1S/C28H58N3O3PS.C20H42N3O4PS/c1-22(2)30(23(3)4)35(31(24(5)6)25(7)8)34-21-33-19-14-20-36-26(32)15-18-29-27(9,10)16-13-17-28(29,11)12;1-14(2)22(15(3)4)28(23(16(5)6)17(7)8)27-12-25-11-26-13-29-20(24)18(9)19(10)21/h22-25H,13-21H2,1-12H3;14-17H,11-13,21H2,1-10H3/b;19-18+. The van der Waals surface area contributed by atoms with Crippen molar-refractivity contribution < 1.29 is 32.8 Å². The Morgan fingerprint density at radius 1 is 0.600 bits per heavy atom. The molecule has 0 unspecified atom stereocenters. The third-order valence-corrected chi connectivity index (χ3v) is 19.0. The molecule has 0 aromatic heterocycles. The van der Waals surface area contributed by atoms with Gasteiger partial charge < -0.3 is 29.0 Å². The Hall–Kier alpha value is 0.0400. The van der Waals surface area contributed by atoms with Gasteiger partial charge in [0, 0.05) is 89.4 Å². The highest BCUT2D eigenvalue weighted by atomic mass is 32.2. The third kappa shape index (κ3) is 24.1. The zero-order valence-corrected chi connectivity index (χ0v) is 48.9. The van der Waals surface area contributed by atoms with Gasteiger partial charge in [-0.1, -0.05) is 23.5 Å². The zero-order chi connectivity index (χ0) is 50.4.